The Kier molecular flexibility index (Phi) is 3.43. The van der Waals surface area contributed by atoms with Crippen molar-refractivity contribution in [3.63, 3.8) is 0 Å². The number of hydrogen-bond acceptors (Lipinski definition) is 6. The third-order valence-corrected chi connectivity index (χ3v) is 1.37. The van der Waals surface area contributed by atoms with E-state index in [0.29, 0.717) is 18.9 Å². The average Bonchev–Trinajstić information content (AvgIpc) is 2.66. The Hall–Kier alpha value is -2.10. The van der Waals surface area contributed by atoms with Gasteiger partial charge in [0.15, 0.2) is 5.84 Å². The lowest BCUT2D eigenvalue weighted by Crippen LogP contribution is -2.34. The van der Waals surface area contributed by atoms with Gasteiger partial charge in [0.25, 0.3) is 5.91 Å². The number of hydrogen-bond donors (Lipinski definition) is 1. The van der Waals surface area contributed by atoms with Crippen molar-refractivity contribution in [3.05, 3.63) is 0 Å². The first-order chi connectivity index (χ1) is 6.77. The molecule has 0 saturated carbocycles. The molecule has 0 atom stereocenters. The normalized spacial score (nSPS) is 15.1. The van der Waals surface area contributed by atoms with Gasteiger partial charge in [-0.3, -0.25) is 4.79 Å². The molecule has 14 heavy (non-hydrogen) atoms. The first-order valence-corrected chi connectivity index (χ1v) is 3.79. The lowest BCUT2D eigenvalue weighted by atomic mass is 10.3. The standard InChI is InChI=1S/C7H8N4O3/c1-13-10-5(4-8)7(12)9-6-2-3-14-11-6/h2-3H2,1H3,(H,9,11,12)/b10-5+. The van der Waals surface area contributed by atoms with Gasteiger partial charge in [-0.25, -0.2) is 0 Å². The molecule has 0 aromatic heterocycles. The van der Waals surface area contributed by atoms with Crippen LogP contribution in [0.2, 0.25) is 0 Å². The fourth-order valence-corrected chi connectivity index (χ4v) is 0.791. The van der Waals surface area contributed by atoms with Crippen molar-refractivity contribution in [2.45, 2.75) is 6.42 Å². The third-order valence-electron chi connectivity index (χ3n) is 1.37. The summed E-state index contributed by atoms with van der Waals surface area (Å²) in [5.74, 6) is -0.271. The smallest absolute Gasteiger partial charge is 0.289 e. The van der Waals surface area contributed by atoms with E-state index in [1.54, 1.807) is 6.07 Å². The van der Waals surface area contributed by atoms with E-state index in [1.165, 1.54) is 7.11 Å². The van der Waals surface area contributed by atoms with Gasteiger partial charge < -0.3 is 15.0 Å². The highest BCUT2D eigenvalue weighted by Gasteiger charge is 2.16. The molecule has 0 aromatic rings. The highest BCUT2D eigenvalue weighted by atomic mass is 16.6. The molecule has 0 aromatic carbocycles. The second-order valence-electron chi connectivity index (χ2n) is 2.31. The minimum Gasteiger partial charge on any atom is -0.398 e. The number of nitrogens with one attached hydrogen (secondary N) is 1. The lowest BCUT2D eigenvalue weighted by molar-refractivity contribution is -0.113. The molecule has 0 radical (unpaired) electrons. The number of amidine groups is 1. The Morgan fingerprint density at radius 2 is 2.64 bits per heavy atom. The molecule has 0 fully saturated rings. The third kappa shape index (κ3) is 2.45. The summed E-state index contributed by atoms with van der Waals surface area (Å²) >= 11 is 0. The van der Waals surface area contributed by atoms with Gasteiger partial charge in [-0.05, 0) is 0 Å². The molecule has 0 bridgehead atoms. The van der Waals surface area contributed by atoms with E-state index in [2.05, 4.69) is 25.3 Å². The van der Waals surface area contributed by atoms with Crippen LogP contribution in [0.3, 0.4) is 0 Å². The van der Waals surface area contributed by atoms with Crippen molar-refractivity contribution in [1.82, 2.24) is 5.32 Å². The number of nitriles is 1. The van der Waals surface area contributed by atoms with Gasteiger partial charge >= 0.3 is 0 Å². The quantitative estimate of drug-likeness (QED) is 0.469. The predicted molar refractivity (Wildman–Crippen MR) is 46.2 cm³/mol. The maximum absolute atomic E-state index is 11.2. The molecule has 0 unspecified atom stereocenters. The van der Waals surface area contributed by atoms with Crippen LogP contribution in [-0.4, -0.2) is 31.2 Å². The topological polar surface area (TPSA) is 96.1 Å². The van der Waals surface area contributed by atoms with Crippen LogP contribution in [0.5, 0.6) is 0 Å². The molecule has 1 N–H and O–H groups in total. The number of carbonyl (C=O) groups is 1. The van der Waals surface area contributed by atoms with Gasteiger partial charge in [0.1, 0.15) is 19.8 Å². The molecule has 1 aliphatic rings. The molecular weight excluding hydrogens is 188 g/mol. The van der Waals surface area contributed by atoms with Crippen LogP contribution in [-0.2, 0) is 14.5 Å². The molecule has 7 heteroatoms. The Morgan fingerprint density at radius 1 is 1.86 bits per heavy atom. The molecule has 0 saturated heterocycles. The Morgan fingerprint density at radius 3 is 3.14 bits per heavy atom. The van der Waals surface area contributed by atoms with E-state index >= 15 is 0 Å². The molecule has 7 nitrogen and oxygen atoms in total. The van der Waals surface area contributed by atoms with E-state index in [1.807, 2.05) is 0 Å². The average molecular weight is 196 g/mol. The molecular formula is C7H8N4O3. The van der Waals surface area contributed by atoms with E-state index in [9.17, 15) is 4.79 Å². The Labute approximate surface area is 80.0 Å². The van der Waals surface area contributed by atoms with Gasteiger partial charge in [0, 0.05) is 6.42 Å². The van der Waals surface area contributed by atoms with E-state index < -0.39 is 5.91 Å². The maximum atomic E-state index is 11.2. The van der Waals surface area contributed by atoms with Crippen molar-refractivity contribution in [3.8, 4) is 6.07 Å². The summed E-state index contributed by atoms with van der Waals surface area (Å²) in [6, 6.07) is 1.59. The molecule has 1 amide bonds. The second-order valence-corrected chi connectivity index (χ2v) is 2.31. The first kappa shape index (κ1) is 9.98. The minimum absolute atomic E-state index is 0.359. The second kappa shape index (κ2) is 4.81. The maximum Gasteiger partial charge on any atom is 0.289 e. The summed E-state index contributed by atoms with van der Waals surface area (Å²) in [5, 5.41) is 17.6. The number of rotatable bonds is 2. The monoisotopic (exact) mass is 196 g/mol. The molecule has 1 aliphatic heterocycles. The van der Waals surface area contributed by atoms with Crippen LogP contribution in [0.15, 0.2) is 10.3 Å². The van der Waals surface area contributed by atoms with E-state index in [4.69, 9.17) is 5.26 Å². The molecule has 0 aliphatic carbocycles. The van der Waals surface area contributed by atoms with Gasteiger partial charge in [-0.15, -0.1) is 0 Å². The van der Waals surface area contributed by atoms with Gasteiger partial charge in [0.05, 0.1) is 0 Å². The van der Waals surface area contributed by atoms with Gasteiger partial charge in [-0.1, -0.05) is 10.3 Å². The molecule has 1 rings (SSSR count). The fraction of sp³-hybridized carbons (Fsp3) is 0.429. The van der Waals surface area contributed by atoms with Crippen molar-refractivity contribution in [2.75, 3.05) is 13.7 Å². The van der Waals surface area contributed by atoms with Crippen LogP contribution >= 0.6 is 0 Å². The SMILES string of the molecule is CO/N=C(\C#N)C(=O)NC1=NOCC1. The largest absolute Gasteiger partial charge is 0.398 e. The summed E-state index contributed by atoms with van der Waals surface area (Å²) < 4.78 is 0. The summed E-state index contributed by atoms with van der Waals surface area (Å²) in [6.45, 7) is 0.429. The Bertz CT molecular complexity index is 328. The molecule has 74 valence electrons. The summed E-state index contributed by atoms with van der Waals surface area (Å²) in [6.07, 6.45) is 0.511. The molecule has 0 spiro atoms. The number of oxime groups is 2. The fourth-order valence-electron chi connectivity index (χ4n) is 0.791. The van der Waals surface area contributed by atoms with Crippen LogP contribution < -0.4 is 5.32 Å². The van der Waals surface area contributed by atoms with Crippen LogP contribution in [0, 0.1) is 11.3 Å². The Balaban J connectivity index is 2.57. The molecule has 1 heterocycles. The zero-order valence-electron chi connectivity index (χ0n) is 7.48. The van der Waals surface area contributed by atoms with E-state index in [-0.39, 0.29) is 5.71 Å². The van der Waals surface area contributed by atoms with Crippen LogP contribution in [0.25, 0.3) is 0 Å². The van der Waals surface area contributed by atoms with Gasteiger partial charge in [-0.2, -0.15) is 5.26 Å². The predicted octanol–water partition coefficient (Wildman–Crippen LogP) is -0.638. The highest BCUT2D eigenvalue weighted by Crippen LogP contribution is 1.96. The number of carbonyl (C=O) groups excluding carboxylic acids is 1. The lowest BCUT2D eigenvalue weighted by Gasteiger charge is -1.98. The van der Waals surface area contributed by atoms with Crippen molar-refractivity contribution in [1.29, 1.82) is 5.26 Å². The summed E-state index contributed by atoms with van der Waals surface area (Å²) in [5.41, 5.74) is -0.359. The van der Waals surface area contributed by atoms with E-state index in [0.717, 1.165) is 0 Å². The van der Waals surface area contributed by atoms with Crippen molar-refractivity contribution in [2.24, 2.45) is 10.3 Å². The first-order valence-electron chi connectivity index (χ1n) is 3.79. The van der Waals surface area contributed by atoms with Crippen molar-refractivity contribution < 1.29 is 14.5 Å². The van der Waals surface area contributed by atoms with Crippen molar-refractivity contribution >= 4 is 17.5 Å². The summed E-state index contributed by atoms with van der Waals surface area (Å²) in [4.78, 5) is 20.2. The van der Waals surface area contributed by atoms with Crippen LogP contribution in [0.1, 0.15) is 6.42 Å². The van der Waals surface area contributed by atoms with Gasteiger partial charge in [0.2, 0.25) is 5.71 Å². The minimum atomic E-state index is -0.654. The zero-order valence-corrected chi connectivity index (χ0v) is 7.48. The highest BCUT2D eigenvalue weighted by molar-refractivity contribution is 6.47. The number of nitrogens with zero attached hydrogens (tertiary/aromatic N) is 3. The number of amides is 1. The zero-order chi connectivity index (χ0) is 10.4. The summed E-state index contributed by atoms with van der Waals surface area (Å²) in [7, 11) is 1.25. The van der Waals surface area contributed by atoms with Crippen LogP contribution in [0.4, 0.5) is 0 Å².